The zero-order chi connectivity index (χ0) is 24.5. The van der Waals surface area contributed by atoms with Crippen LogP contribution in [0.5, 0.6) is 5.75 Å². The molecule has 7 heteroatoms. The van der Waals surface area contributed by atoms with Crippen molar-refractivity contribution in [3.05, 3.63) is 107 Å². The van der Waals surface area contributed by atoms with Crippen molar-refractivity contribution in [2.24, 2.45) is 0 Å². The Morgan fingerprint density at radius 2 is 1.83 bits per heavy atom. The molecule has 35 heavy (non-hydrogen) atoms. The molecule has 2 aliphatic heterocycles. The summed E-state index contributed by atoms with van der Waals surface area (Å²) in [5.74, 6) is 0.536. The smallest absolute Gasteiger partial charge is 0.135 e. The van der Waals surface area contributed by atoms with E-state index in [1.54, 1.807) is 7.11 Å². The molecule has 0 amide bonds. The molecule has 0 radical (unpaired) electrons. The van der Waals surface area contributed by atoms with Crippen LogP contribution in [0, 0.1) is 11.6 Å². The Bertz CT molecular complexity index is 1300. The number of allylic oxidation sites excluding steroid dienone is 3. The summed E-state index contributed by atoms with van der Waals surface area (Å²) in [6.45, 7) is 6.19. The van der Waals surface area contributed by atoms with Crippen LogP contribution in [-0.2, 0) is 13.0 Å². The monoisotopic (exact) mass is 474 g/mol. The standard InChI is InChI=1S/C28H28F2N4O/c1-4-22-27-20(17-31-34(27)18-19-9-12-21(35-3)13-10-19)11-14-25(26-23(29)7-5-8-24(26)30)33-16-6-15-32(2)28(22)33/h4-5,7-10,12-14,17H,1,6,11,15-16,18H2,2-3H3/b25-14-,28-22-. The molecule has 180 valence electrons. The summed E-state index contributed by atoms with van der Waals surface area (Å²) >= 11 is 0. The average molecular weight is 475 g/mol. The highest BCUT2D eigenvalue weighted by molar-refractivity contribution is 5.80. The van der Waals surface area contributed by atoms with Gasteiger partial charge in [-0.15, -0.1) is 0 Å². The van der Waals surface area contributed by atoms with E-state index < -0.39 is 11.6 Å². The summed E-state index contributed by atoms with van der Waals surface area (Å²) in [5.41, 5.74) is 4.47. The minimum atomic E-state index is -0.569. The summed E-state index contributed by atoms with van der Waals surface area (Å²) < 4.78 is 37.1. The average Bonchev–Trinajstić information content (AvgIpc) is 3.23. The molecule has 2 aliphatic rings. The number of aromatic nitrogens is 2. The van der Waals surface area contributed by atoms with E-state index in [-0.39, 0.29) is 5.56 Å². The normalized spacial score (nSPS) is 19.3. The molecule has 2 aromatic carbocycles. The largest absolute Gasteiger partial charge is 0.497 e. The highest BCUT2D eigenvalue weighted by Crippen LogP contribution is 2.38. The van der Waals surface area contributed by atoms with Crippen molar-refractivity contribution >= 4 is 11.3 Å². The first-order valence-corrected chi connectivity index (χ1v) is 11.7. The van der Waals surface area contributed by atoms with Crippen LogP contribution in [0.1, 0.15) is 28.8 Å². The first-order chi connectivity index (χ1) is 17.0. The molecule has 0 bridgehead atoms. The van der Waals surface area contributed by atoms with Gasteiger partial charge in [-0.3, -0.25) is 4.68 Å². The van der Waals surface area contributed by atoms with E-state index in [4.69, 9.17) is 9.84 Å². The van der Waals surface area contributed by atoms with Gasteiger partial charge in [0.2, 0.25) is 0 Å². The zero-order valence-corrected chi connectivity index (χ0v) is 20.0. The van der Waals surface area contributed by atoms with Crippen LogP contribution >= 0.6 is 0 Å². The molecule has 5 rings (SSSR count). The van der Waals surface area contributed by atoms with Crippen molar-refractivity contribution in [3.8, 4) is 5.75 Å². The fraction of sp³-hybridized carbons (Fsp3) is 0.250. The Morgan fingerprint density at radius 3 is 2.51 bits per heavy atom. The molecule has 3 heterocycles. The highest BCUT2D eigenvalue weighted by atomic mass is 19.1. The molecule has 0 N–H and O–H groups in total. The Labute approximate surface area is 204 Å². The summed E-state index contributed by atoms with van der Waals surface area (Å²) in [4.78, 5) is 4.16. The van der Waals surface area contributed by atoms with Gasteiger partial charge in [-0.05, 0) is 42.7 Å². The van der Waals surface area contributed by atoms with Crippen LogP contribution < -0.4 is 4.74 Å². The van der Waals surface area contributed by atoms with Gasteiger partial charge in [0.05, 0.1) is 36.8 Å². The highest BCUT2D eigenvalue weighted by Gasteiger charge is 2.32. The van der Waals surface area contributed by atoms with Crippen molar-refractivity contribution in [1.29, 1.82) is 0 Å². The molecule has 1 aromatic heterocycles. The molecular formula is C28H28F2N4O. The summed E-state index contributed by atoms with van der Waals surface area (Å²) in [5, 5.41) is 4.70. The molecular weight excluding hydrogens is 446 g/mol. The van der Waals surface area contributed by atoms with Crippen LogP contribution in [-0.4, -0.2) is 46.8 Å². The lowest BCUT2D eigenvalue weighted by Crippen LogP contribution is -2.41. The first-order valence-electron chi connectivity index (χ1n) is 11.7. The second-order valence-corrected chi connectivity index (χ2v) is 8.78. The molecule has 0 aliphatic carbocycles. The van der Waals surface area contributed by atoms with E-state index >= 15 is 0 Å². The van der Waals surface area contributed by atoms with Crippen molar-refractivity contribution in [2.45, 2.75) is 19.4 Å². The van der Waals surface area contributed by atoms with Gasteiger partial charge in [-0.2, -0.15) is 5.10 Å². The molecule has 5 nitrogen and oxygen atoms in total. The minimum absolute atomic E-state index is 0.00205. The van der Waals surface area contributed by atoms with E-state index in [2.05, 4.69) is 11.5 Å². The van der Waals surface area contributed by atoms with Crippen LogP contribution in [0.2, 0.25) is 0 Å². The Hall–Kier alpha value is -3.87. The van der Waals surface area contributed by atoms with Crippen LogP contribution in [0.15, 0.2) is 73.2 Å². The third-order valence-corrected chi connectivity index (χ3v) is 6.62. The maximum absolute atomic E-state index is 14.9. The van der Waals surface area contributed by atoms with Crippen molar-refractivity contribution in [3.63, 3.8) is 0 Å². The van der Waals surface area contributed by atoms with E-state index in [1.165, 1.54) is 18.2 Å². The molecule has 0 spiro atoms. The number of ether oxygens (including phenoxy) is 1. The number of fused-ring (bicyclic) bond motifs is 2. The quantitative estimate of drug-likeness (QED) is 0.502. The van der Waals surface area contributed by atoms with Crippen LogP contribution in [0.4, 0.5) is 8.78 Å². The Morgan fingerprint density at radius 1 is 1.09 bits per heavy atom. The van der Waals surface area contributed by atoms with Crippen molar-refractivity contribution in [1.82, 2.24) is 19.6 Å². The Kier molecular flexibility index (Phi) is 6.16. The van der Waals surface area contributed by atoms with Gasteiger partial charge in [-0.25, -0.2) is 8.78 Å². The lowest BCUT2D eigenvalue weighted by molar-refractivity contribution is 0.240. The number of hydrogen-bond acceptors (Lipinski definition) is 4. The molecule has 0 atom stereocenters. The third kappa shape index (κ3) is 4.11. The second kappa shape index (κ2) is 9.41. The molecule has 1 fully saturated rings. The van der Waals surface area contributed by atoms with Gasteiger partial charge in [0.15, 0.2) is 0 Å². The maximum Gasteiger partial charge on any atom is 0.135 e. The number of hydrogen-bond donors (Lipinski definition) is 0. The number of benzene rings is 2. The van der Waals surface area contributed by atoms with Crippen LogP contribution in [0.3, 0.4) is 0 Å². The first kappa shape index (κ1) is 22.9. The molecule has 0 unspecified atom stereocenters. The van der Waals surface area contributed by atoms with Gasteiger partial charge in [-0.1, -0.05) is 36.9 Å². The van der Waals surface area contributed by atoms with Gasteiger partial charge in [0, 0.05) is 31.3 Å². The van der Waals surface area contributed by atoms with E-state index in [0.29, 0.717) is 25.2 Å². The number of nitrogens with zero attached hydrogens (tertiary/aromatic N) is 4. The van der Waals surface area contributed by atoms with Crippen LogP contribution in [0.25, 0.3) is 11.3 Å². The van der Waals surface area contributed by atoms with E-state index in [0.717, 1.165) is 46.9 Å². The SMILES string of the molecule is C=C/C1=C2\N(C)CCCN2/C(c2c(F)cccc2F)=C\Cc2cnn(Cc3ccc(OC)cc3)c21. The zero-order valence-electron chi connectivity index (χ0n) is 20.0. The van der Waals surface area contributed by atoms with Gasteiger partial charge < -0.3 is 14.5 Å². The predicted octanol–water partition coefficient (Wildman–Crippen LogP) is 5.31. The van der Waals surface area contributed by atoms with Gasteiger partial charge in [0.1, 0.15) is 23.2 Å². The maximum atomic E-state index is 14.9. The van der Waals surface area contributed by atoms with E-state index in [1.807, 2.05) is 59.2 Å². The third-order valence-electron chi connectivity index (χ3n) is 6.62. The number of methoxy groups -OCH3 is 1. The van der Waals surface area contributed by atoms with Gasteiger partial charge in [0.25, 0.3) is 0 Å². The summed E-state index contributed by atoms with van der Waals surface area (Å²) in [6.07, 6.45) is 6.95. The molecule has 1 saturated heterocycles. The van der Waals surface area contributed by atoms with E-state index in [9.17, 15) is 8.78 Å². The lowest BCUT2D eigenvalue weighted by Gasteiger charge is -2.42. The minimum Gasteiger partial charge on any atom is -0.497 e. The predicted molar refractivity (Wildman–Crippen MR) is 133 cm³/mol. The fourth-order valence-electron chi connectivity index (χ4n) is 4.97. The second-order valence-electron chi connectivity index (χ2n) is 8.78. The number of halogens is 2. The molecule has 3 aromatic rings. The Balaban J connectivity index is 1.67. The van der Waals surface area contributed by atoms with Crippen molar-refractivity contribution < 1.29 is 13.5 Å². The number of rotatable bonds is 5. The fourth-order valence-corrected chi connectivity index (χ4v) is 4.97. The van der Waals surface area contributed by atoms with Gasteiger partial charge >= 0.3 is 0 Å². The lowest BCUT2D eigenvalue weighted by atomic mass is 9.97. The summed E-state index contributed by atoms with van der Waals surface area (Å²) in [6, 6.07) is 11.9. The van der Waals surface area contributed by atoms with Crippen molar-refractivity contribution in [2.75, 3.05) is 27.2 Å². The summed E-state index contributed by atoms with van der Waals surface area (Å²) in [7, 11) is 3.65. The molecule has 0 saturated carbocycles. The topological polar surface area (TPSA) is 33.5 Å².